The van der Waals surface area contributed by atoms with Crippen molar-refractivity contribution in [1.82, 2.24) is 19.7 Å². The van der Waals surface area contributed by atoms with Gasteiger partial charge in [0.25, 0.3) is 5.91 Å². The molecule has 32 heavy (non-hydrogen) atoms. The summed E-state index contributed by atoms with van der Waals surface area (Å²) in [6.45, 7) is 5.03. The maximum atomic E-state index is 12.9. The Morgan fingerprint density at radius 1 is 1.12 bits per heavy atom. The second-order valence-corrected chi connectivity index (χ2v) is 8.42. The molecule has 1 aliphatic rings. The van der Waals surface area contributed by atoms with Crippen molar-refractivity contribution in [2.75, 3.05) is 13.1 Å². The molecule has 0 aliphatic carbocycles. The molecule has 0 spiro atoms. The van der Waals surface area contributed by atoms with Crippen LogP contribution in [0.15, 0.2) is 42.6 Å². The molecule has 5 nitrogen and oxygen atoms in total. The summed E-state index contributed by atoms with van der Waals surface area (Å²) in [5.41, 5.74) is 4.40. The van der Waals surface area contributed by atoms with Crippen LogP contribution in [0.1, 0.15) is 56.5 Å². The first-order valence-corrected chi connectivity index (χ1v) is 10.5. The van der Waals surface area contributed by atoms with Crippen LogP contribution in [0.25, 0.3) is 0 Å². The lowest BCUT2D eigenvalue weighted by Crippen LogP contribution is -2.29. The lowest BCUT2D eigenvalue weighted by molar-refractivity contribution is -0.137. The molecule has 1 atom stereocenters. The van der Waals surface area contributed by atoms with Gasteiger partial charge in [0.2, 0.25) is 0 Å². The number of alkyl halides is 3. The highest BCUT2D eigenvalue weighted by Crippen LogP contribution is 2.31. The molecule has 1 amide bonds. The average molecular weight is 442 g/mol. The molecule has 8 heteroatoms. The van der Waals surface area contributed by atoms with Gasteiger partial charge in [0.15, 0.2) is 0 Å². The van der Waals surface area contributed by atoms with Crippen LogP contribution < -0.4 is 0 Å². The largest absolute Gasteiger partial charge is 0.416 e. The Morgan fingerprint density at radius 2 is 1.84 bits per heavy atom. The van der Waals surface area contributed by atoms with Gasteiger partial charge in [0.05, 0.1) is 17.3 Å². The zero-order chi connectivity index (χ0) is 23.0. The summed E-state index contributed by atoms with van der Waals surface area (Å²) in [6.07, 6.45) is -1.38. The summed E-state index contributed by atoms with van der Waals surface area (Å²) >= 11 is 0. The molecule has 1 aromatic carbocycles. The fraction of sp³-hybridized carbons (Fsp3) is 0.375. The van der Waals surface area contributed by atoms with Crippen molar-refractivity contribution >= 4 is 5.91 Å². The minimum absolute atomic E-state index is 0.0178. The second-order valence-electron chi connectivity index (χ2n) is 8.42. The maximum Gasteiger partial charge on any atom is 0.416 e. The van der Waals surface area contributed by atoms with Gasteiger partial charge in [-0.25, -0.2) is 0 Å². The number of likely N-dealkylation sites (tertiary alicyclic amines) is 1. The summed E-state index contributed by atoms with van der Waals surface area (Å²) in [5.74, 6) is 0.109. The quantitative estimate of drug-likeness (QED) is 0.590. The average Bonchev–Trinajstić information content (AvgIpc) is 3.35. The van der Waals surface area contributed by atoms with E-state index in [0.717, 1.165) is 46.8 Å². The van der Waals surface area contributed by atoms with Crippen LogP contribution in [0.5, 0.6) is 0 Å². The van der Waals surface area contributed by atoms with Gasteiger partial charge in [-0.3, -0.25) is 14.5 Å². The zero-order valence-corrected chi connectivity index (χ0v) is 18.3. The standard InChI is InChI=1S/C24H25F3N4O/c1-15-10-18(11-17-4-6-20(7-5-17)24(25,26)27)12-22(29-15)19-8-9-31(14-19)23(32)21-13-28-30(3)16(21)2/h4-7,10,12-13,19H,8-9,11,14H2,1-3H3. The number of benzene rings is 1. The number of rotatable bonds is 4. The van der Waals surface area contributed by atoms with Crippen LogP contribution in [-0.2, 0) is 19.6 Å². The number of carbonyl (C=O) groups is 1. The second kappa shape index (κ2) is 8.41. The number of hydrogen-bond donors (Lipinski definition) is 0. The molecular formula is C24H25F3N4O. The predicted octanol–water partition coefficient (Wildman–Crippen LogP) is 4.67. The van der Waals surface area contributed by atoms with Crippen LogP contribution >= 0.6 is 0 Å². The molecule has 0 radical (unpaired) electrons. The summed E-state index contributed by atoms with van der Waals surface area (Å²) in [6, 6.07) is 9.24. The molecule has 0 bridgehead atoms. The van der Waals surface area contributed by atoms with E-state index in [1.165, 1.54) is 12.1 Å². The molecule has 0 N–H and O–H groups in total. The van der Waals surface area contributed by atoms with E-state index in [4.69, 9.17) is 0 Å². The maximum absolute atomic E-state index is 12.9. The normalized spacial score (nSPS) is 16.6. The SMILES string of the molecule is Cc1cc(Cc2ccc(C(F)(F)F)cc2)cc(C2CCN(C(=O)c3cnn(C)c3C)C2)n1. The van der Waals surface area contributed by atoms with Crippen LogP contribution in [0.4, 0.5) is 13.2 Å². The van der Waals surface area contributed by atoms with E-state index in [1.54, 1.807) is 10.9 Å². The van der Waals surface area contributed by atoms with Crippen molar-refractivity contribution in [3.8, 4) is 0 Å². The Balaban J connectivity index is 1.48. The first-order chi connectivity index (χ1) is 15.1. The number of carbonyl (C=O) groups excluding carboxylic acids is 1. The molecule has 3 heterocycles. The van der Waals surface area contributed by atoms with Crippen LogP contribution in [0, 0.1) is 13.8 Å². The van der Waals surface area contributed by atoms with Crippen LogP contribution in [0.2, 0.25) is 0 Å². The first kappa shape index (κ1) is 22.0. The number of aromatic nitrogens is 3. The van der Waals surface area contributed by atoms with Gasteiger partial charge >= 0.3 is 6.18 Å². The molecule has 0 saturated carbocycles. The Hall–Kier alpha value is -3.16. The minimum atomic E-state index is -4.33. The molecule has 1 unspecified atom stereocenters. The summed E-state index contributed by atoms with van der Waals surface area (Å²) in [5, 5.41) is 4.16. The number of nitrogens with zero attached hydrogens (tertiary/aromatic N) is 4. The third kappa shape index (κ3) is 4.54. The van der Waals surface area contributed by atoms with Gasteiger partial charge in [0, 0.05) is 43.1 Å². The van der Waals surface area contributed by atoms with Crippen molar-refractivity contribution in [2.24, 2.45) is 7.05 Å². The van der Waals surface area contributed by atoms with E-state index in [9.17, 15) is 18.0 Å². The van der Waals surface area contributed by atoms with E-state index in [-0.39, 0.29) is 11.8 Å². The third-order valence-electron chi connectivity index (χ3n) is 6.08. The van der Waals surface area contributed by atoms with Gasteiger partial charge in [0.1, 0.15) is 0 Å². The highest BCUT2D eigenvalue weighted by Gasteiger charge is 2.31. The van der Waals surface area contributed by atoms with Crippen molar-refractivity contribution in [2.45, 2.75) is 38.8 Å². The van der Waals surface area contributed by atoms with E-state index in [1.807, 2.05) is 37.9 Å². The topological polar surface area (TPSA) is 51.0 Å². The highest BCUT2D eigenvalue weighted by molar-refractivity contribution is 5.95. The van der Waals surface area contributed by atoms with Gasteiger partial charge in [-0.2, -0.15) is 18.3 Å². The van der Waals surface area contributed by atoms with Crippen molar-refractivity contribution in [3.05, 3.63) is 81.9 Å². The molecule has 1 aliphatic heterocycles. The Labute approximate surface area is 184 Å². The van der Waals surface area contributed by atoms with Crippen molar-refractivity contribution < 1.29 is 18.0 Å². The Bertz CT molecular complexity index is 1140. The van der Waals surface area contributed by atoms with E-state index < -0.39 is 11.7 Å². The molecule has 3 aromatic rings. The molecule has 2 aromatic heterocycles. The number of amides is 1. The third-order valence-corrected chi connectivity index (χ3v) is 6.08. The highest BCUT2D eigenvalue weighted by atomic mass is 19.4. The van der Waals surface area contributed by atoms with E-state index in [2.05, 4.69) is 10.1 Å². The lowest BCUT2D eigenvalue weighted by Gasteiger charge is -2.17. The van der Waals surface area contributed by atoms with Crippen molar-refractivity contribution in [1.29, 1.82) is 0 Å². The van der Waals surface area contributed by atoms with E-state index >= 15 is 0 Å². The first-order valence-electron chi connectivity index (χ1n) is 10.5. The van der Waals surface area contributed by atoms with Crippen LogP contribution in [0.3, 0.4) is 0 Å². The molecular weight excluding hydrogens is 417 g/mol. The fourth-order valence-electron chi connectivity index (χ4n) is 4.19. The van der Waals surface area contributed by atoms with Gasteiger partial charge in [-0.15, -0.1) is 0 Å². The van der Waals surface area contributed by atoms with Gasteiger partial charge in [-0.05, 0) is 62.1 Å². The Kier molecular flexibility index (Phi) is 5.79. The van der Waals surface area contributed by atoms with Crippen molar-refractivity contribution in [3.63, 3.8) is 0 Å². The van der Waals surface area contributed by atoms with Gasteiger partial charge in [-0.1, -0.05) is 12.1 Å². The summed E-state index contributed by atoms with van der Waals surface area (Å²) in [7, 11) is 1.81. The monoisotopic (exact) mass is 442 g/mol. The summed E-state index contributed by atoms with van der Waals surface area (Å²) < 4.78 is 40.1. The number of pyridine rings is 1. The minimum Gasteiger partial charge on any atom is -0.338 e. The number of halogens is 3. The molecule has 168 valence electrons. The van der Waals surface area contributed by atoms with Gasteiger partial charge < -0.3 is 4.90 Å². The smallest absolute Gasteiger partial charge is 0.338 e. The predicted molar refractivity (Wildman–Crippen MR) is 114 cm³/mol. The number of hydrogen-bond acceptors (Lipinski definition) is 3. The Morgan fingerprint density at radius 3 is 2.47 bits per heavy atom. The zero-order valence-electron chi connectivity index (χ0n) is 18.3. The molecule has 4 rings (SSSR count). The summed E-state index contributed by atoms with van der Waals surface area (Å²) in [4.78, 5) is 19.4. The van der Waals surface area contributed by atoms with E-state index in [0.29, 0.717) is 25.1 Å². The molecule has 1 fully saturated rings. The van der Waals surface area contributed by atoms with Crippen LogP contribution in [-0.4, -0.2) is 38.7 Å². The number of aryl methyl sites for hydroxylation is 2. The fourth-order valence-corrected chi connectivity index (χ4v) is 4.19. The molecule has 1 saturated heterocycles. The lowest BCUT2D eigenvalue weighted by atomic mass is 9.98.